The molecule has 0 aliphatic carbocycles. The molecule has 5 heteroatoms. The lowest BCUT2D eigenvalue weighted by molar-refractivity contribution is -0.126. The number of amides is 1. The molecule has 4 nitrogen and oxygen atoms in total. The van der Waals surface area contributed by atoms with Gasteiger partial charge in [-0.25, -0.2) is 5.84 Å². The molecule has 0 bridgehead atoms. The van der Waals surface area contributed by atoms with Crippen molar-refractivity contribution in [3.8, 4) is 0 Å². The van der Waals surface area contributed by atoms with Gasteiger partial charge >= 0.3 is 0 Å². The van der Waals surface area contributed by atoms with Gasteiger partial charge in [-0.05, 0) is 30.9 Å². The SMILES string of the molecule is CCCCSC[C@@H](O)C[C@@H](CCC(C)C)C(=O)NN. The third kappa shape index (κ3) is 10.2. The van der Waals surface area contributed by atoms with Crippen LogP contribution in [0.25, 0.3) is 0 Å². The monoisotopic (exact) mass is 290 g/mol. The van der Waals surface area contributed by atoms with Crippen LogP contribution in [-0.4, -0.2) is 28.6 Å². The average molecular weight is 290 g/mol. The zero-order chi connectivity index (χ0) is 14.7. The Labute approximate surface area is 121 Å². The van der Waals surface area contributed by atoms with Crippen molar-refractivity contribution >= 4 is 17.7 Å². The first kappa shape index (κ1) is 18.7. The normalized spacial score (nSPS) is 14.4. The number of aliphatic hydroxyl groups is 1. The highest BCUT2D eigenvalue weighted by atomic mass is 32.2. The van der Waals surface area contributed by atoms with E-state index in [1.807, 2.05) is 0 Å². The molecule has 0 unspecified atom stereocenters. The maximum atomic E-state index is 11.7. The number of rotatable bonds is 11. The van der Waals surface area contributed by atoms with E-state index in [1.54, 1.807) is 11.8 Å². The summed E-state index contributed by atoms with van der Waals surface area (Å²) in [5, 5.41) is 9.99. The Morgan fingerprint density at radius 1 is 1.37 bits per heavy atom. The lowest BCUT2D eigenvalue weighted by atomic mass is 9.92. The van der Waals surface area contributed by atoms with Crippen LogP contribution in [0.15, 0.2) is 0 Å². The fourth-order valence-corrected chi connectivity index (χ4v) is 2.94. The van der Waals surface area contributed by atoms with Gasteiger partial charge in [-0.2, -0.15) is 11.8 Å². The summed E-state index contributed by atoms with van der Waals surface area (Å²) < 4.78 is 0. The molecule has 0 fully saturated rings. The van der Waals surface area contributed by atoms with Gasteiger partial charge in [0.2, 0.25) is 5.91 Å². The first-order valence-corrected chi connectivity index (χ1v) is 8.42. The summed E-state index contributed by atoms with van der Waals surface area (Å²) in [6.07, 6.45) is 4.21. The van der Waals surface area contributed by atoms with Gasteiger partial charge in [0.25, 0.3) is 0 Å². The molecule has 1 amide bonds. The lowest BCUT2D eigenvalue weighted by Crippen LogP contribution is -2.37. The molecule has 0 radical (unpaired) electrons. The van der Waals surface area contributed by atoms with Crippen molar-refractivity contribution in [1.82, 2.24) is 5.43 Å². The molecule has 0 rings (SSSR count). The second-order valence-electron chi connectivity index (χ2n) is 5.49. The van der Waals surface area contributed by atoms with Crippen LogP contribution in [0, 0.1) is 11.8 Å². The van der Waals surface area contributed by atoms with Gasteiger partial charge in [-0.1, -0.05) is 33.6 Å². The predicted molar refractivity (Wildman–Crippen MR) is 82.7 cm³/mol. The summed E-state index contributed by atoms with van der Waals surface area (Å²) in [5.41, 5.74) is 2.21. The molecular weight excluding hydrogens is 260 g/mol. The molecule has 0 heterocycles. The number of carbonyl (C=O) groups is 1. The summed E-state index contributed by atoms with van der Waals surface area (Å²) in [5.74, 6) is 7.22. The molecule has 0 aromatic carbocycles. The highest BCUT2D eigenvalue weighted by Crippen LogP contribution is 2.19. The fraction of sp³-hybridized carbons (Fsp3) is 0.929. The van der Waals surface area contributed by atoms with Crippen molar-refractivity contribution in [2.45, 2.75) is 59.0 Å². The Hall–Kier alpha value is -0.260. The highest BCUT2D eigenvalue weighted by molar-refractivity contribution is 7.99. The van der Waals surface area contributed by atoms with Crippen LogP contribution >= 0.6 is 11.8 Å². The Morgan fingerprint density at radius 3 is 2.58 bits per heavy atom. The summed E-state index contributed by atoms with van der Waals surface area (Å²) in [6.45, 7) is 6.42. The molecule has 0 saturated carbocycles. The van der Waals surface area contributed by atoms with Gasteiger partial charge in [0.1, 0.15) is 0 Å². The van der Waals surface area contributed by atoms with Crippen LogP contribution in [0.2, 0.25) is 0 Å². The molecule has 0 aliphatic rings. The van der Waals surface area contributed by atoms with E-state index >= 15 is 0 Å². The quantitative estimate of drug-likeness (QED) is 0.236. The van der Waals surface area contributed by atoms with E-state index in [2.05, 4.69) is 26.2 Å². The minimum Gasteiger partial charge on any atom is -0.392 e. The van der Waals surface area contributed by atoms with Crippen LogP contribution < -0.4 is 11.3 Å². The third-order valence-electron chi connectivity index (χ3n) is 3.11. The van der Waals surface area contributed by atoms with Crippen molar-refractivity contribution in [1.29, 1.82) is 0 Å². The number of aliphatic hydroxyl groups excluding tert-OH is 1. The van der Waals surface area contributed by atoms with Crippen molar-refractivity contribution in [3.63, 3.8) is 0 Å². The highest BCUT2D eigenvalue weighted by Gasteiger charge is 2.21. The molecule has 0 aromatic heterocycles. The number of hydrogen-bond acceptors (Lipinski definition) is 4. The number of nitrogens with two attached hydrogens (primary N) is 1. The Morgan fingerprint density at radius 2 is 2.05 bits per heavy atom. The number of hydrazine groups is 1. The van der Waals surface area contributed by atoms with Crippen LogP contribution in [0.1, 0.15) is 52.9 Å². The summed E-state index contributed by atoms with van der Waals surface area (Å²) in [4.78, 5) is 11.7. The van der Waals surface area contributed by atoms with Crippen molar-refractivity contribution in [2.24, 2.45) is 17.7 Å². The van der Waals surface area contributed by atoms with E-state index in [-0.39, 0.29) is 11.8 Å². The molecule has 19 heavy (non-hydrogen) atoms. The van der Waals surface area contributed by atoms with E-state index in [0.717, 1.165) is 18.6 Å². The van der Waals surface area contributed by atoms with Crippen molar-refractivity contribution < 1.29 is 9.90 Å². The van der Waals surface area contributed by atoms with Crippen LogP contribution in [-0.2, 0) is 4.79 Å². The van der Waals surface area contributed by atoms with E-state index < -0.39 is 6.10 Å². The Balaban J connectivity index is 4.04. The van der Waals surface area contributed by atoms with Gasteiger partial charge in [-0.3, -0.25) is 10.2 Å². The maximum absolute atomic E-state index is 11.7. The standard InChI is InChI=1S/C14H30N2O2S/c1-4-5-8-19-10-13(17)9-12(14(18)16-15)7-6-11(2)3/h11-13,17H,4-10,15H2,1-3H3,(H,16,18)/t12-,13+/m1/s1. The van der Waals surface area contributed by atoms with Gasteiger partial charge < -0.3 is 5.11 Å². The minimum absolute atomic E-state index is 0.154. The first-order valence-electron chi connectivity index (χ1n) is 7.27. The van der Waals surface area contributed by atoms with E-state index in [0.29, 0.717) is 18.1 Å². The number of hydrogen-bond donors (Lipinski definition) is 3. The molecule has 2 atom stereocenters. The Bertz CT molecular complexity index is 237. The van der Waals surface area contributed by atoms with Gasteiger partial charge in [0.05, 0.1) is 6.10 Å². The first-order chi connectivity index (χ1) is 9.01. The van der Waals surface area contributed by atoms with Crippen molar-refractivity contribution in [3.05, 3.63) is 0 Å². The van der Waals surface area contributed by atoms with Crippen LogP contribution in [0.4, 0.5) is 0 Å². The topological polar surface area (TPSA) is 75.3 Å². The molecule has 0 spiro atoms. The minimum atomic E-state index is -0.420. The number of carbonyl (C=O) groups excluding carboxylic acids is 1. The summed E-state index contributed by atoms with van der Waals surface area (Å²) in [7, 11) is 0. The van der Waals surface area contributed by atoms with Crippen molar-refractivity contribution in [2.75, 3.05) is 11.5 Å². The maximum Gasteiger partial charge on any atom is 0.237 e. The molecule has 114 valence electrons. The number of unbranched alkanes of at least 4 members (excludes halogenated alkanes) is 1. The van der Waals surface area contributed by atoms with Gasteiger partial charge in [0.15, 0.2) is 0 Å². The average Bonchev–Trinajstić information content (AvgIpc) is 2.38. The molecular formula is C14H30N2O2S. The smallest absolute Gasteiger partial charge is 0.237 e. The molecule has 4 N–H and O–H groups in total. The van der Waals surface area contributed by atoms with Gasteiger partial charge in [0, 0.05) is 11.7 Å². The fourth-order valence-electron chi connectivity index (χ4n) is 1.87. The van der Waals surface area contributed by atoms with E-state index in [4.69, 9.17) is 5.84 Å². The molecule has 0 saturated heterocycles. The zero-order valence-electron chi connectivity index (χ0n) is 12.5. The van der Waals surface area contributed by atoms with Gasteiger partial charge in [-0.15, -0.1) is 0 Å². The van der Waals surface area contributed by atoms with Crippen LogP contribution in [0.5, 0.6) is 0 Å². The Kier molecular flexibility index (Phi) is 11.4. The third-order valence-corrected chi connectivity index (χ3v) is 4.31. The van der Waals surface area contributed by atoms with E-state index in [9.17, 15) is 9.90 Å². The number of nitrogens with one attached hydrogen (secondary N) is 1. The lowest BCUT2D eigenvalue weighted by Gasteiger charge is -2.19. The van der Waals surface area contributed by atoms with E-state index in [1.165, 1.54) is 12.8 Å². The zero-order valence-corrected chi connectivity index (χ0v) is 13.3. The van der Waals surface area contributed by atoms with Crippen LogP contribution in [0.3, 0.4) is 0 Å². The largest absolute Gasteiger partial charge is 0.392 e. The molecule has 0 aliphatic heterocycles. The summed E-state index contributed by atoms with van der Waals surface area (Å²) in [6, 6.07) is 0. The number of thioether (sulfide) groups is 1. The second kappa shape index (κ2) is 11.6. The summed E-state index contributed by atoms with van der Waals surface area (Å²) >= 11 is 1.76. The second-order valence-corrected chi connectivity index (χ2v) is 6.64. The molecule has 0 aromatic rings. The predicted octanol–water partition coefficient (Wildman–Crippen LogP) is 2.31.